The lowest BCUT2D eigenvalue weighted by molar-refractivity contribution is -0.127. The van der Waals surface area contributed by atoms with E-state index in [1.165, 1.54) is 24.3 Å². The van der Waals surface area contributed by atoms with Crippen LogP contribution in [0.25, 0.3) is 0 Å². The van der Waals surface area contributed by atoms with Crippen LogP contribution in [0.2, 0.25) is 0 Å². The van der Waals surface area contributed by atoms with E-state index < -0.39 is 5.51 Å². The monoisotopic (exact) mass is 612 g/mol. The van der Waals surface area contributed by atoms with Crippen LogP contribution < -0.4 is 4.90 Å². The van der Waals surface area contributed by atoms with Crippen molar-refractivity contribution in [2.24, 2.45) is 9.98 Å². The molecule has 1 N–H and O–H groups in total. The minimum absolute atomic E-state index is 0.0258. The molecule has 1 aromatic rings. The SMILES string of the molecule is C=CC(=O)N1CCN(/C2=N/C(OCCCN3CCOCC3)=N\CCN(c3cc(O)ccc3SC(F)(F)F)CCC2)CC1. The number of carbonyl (C=O) groups is 1. The van der Waals surface area contributed by atoms with Crippen molar-refractivity contribution in [3.63, 3.8) is 0 Å². The van der Waals surface area contributed by atoms with Crippen molar-refractivity contribution in [3.8, 4) is 5.75 Å². The van der Waals surface area contributed by atoms with Crippen molar-refractivity contribution in [2.75, 3.05) is 90.2 Å². The summed E-state index contributed by atoms with van der Waals surface area (Å²) in [6.45, 7) is 11.4. The first-order valence-electron chi connectivity index (χ1n) is 14.3. The molecule has 0 saturated carbocycles. The molecule has 14 heteroatoms. The number of phenolic OH excluding ortho intramolecular Hbond substituents is 1. The highest BCUT2D eigenvalue weighted by molar-refractivity contribution is 8.00. The van der Waals surface area contributed by atoms with E-state index in [-0.39, 0.29) is 40.9 Å². The molecule has 1 aromatic carbocycles. The maximum atomic E-state index is 13.3. The molecule has 3 aliphatic heterocycles. The molecule has 0 unspecified atom stereocenters. The number of carbonyl (C=O) groups excluding carboxylic acids is 1. The van der Waals surface area contributed by atoms with Crippen LogP contribution in [0.15, 0.2) is 45.7 Å². The largest absolute Gasteiger partial charge is 0.508 e. The highest BCUT2D eigenvalue weighted by atomic mass is 32.2. The van der Waals surface area contributed by atoms with E-state index >= 15 is 0 Å². The second kappa shape index (κ2) is 15.5. The molecule has 10 nitrogen and oxygen atoms in total. The first-order chi connectivity index (χ1) is 20.2. The Morgan fingerprint density at radius 1 is 1.10 bits per heavy atom. The van der Waals surface area contributed by atoms with Gasteiger partial charge in [0.15, 0.2) is 0 Å². The number of halogens is 3. The van der Waals surface area contributed by atoms with Gasteiger partial charge in [-0.15, -0.1) is 0 Å². The summed E-state index contributed by atoms with van der Waals surface area (Å²) < 4.78 is 51.4. The Hall–Kier alpha value is -2.97. The highest BCUT2D eigenvalue weighted by Gasteiger charge is 2.31. The van der Waals surface area contributed by atoms with Gasteiger partial charge in [0, 0.05) is 76.3 Å². The van der Waals surface area contributed by atoms with E-state index in [2.05, 4.69) is 21.4 Å². The predicted octanol–water partition coefficient (Wildman–Crippen LogP) is 3.43. The minimum atomic E-state index is -4.46. The molecule has 0 radical (unpaired) electrons. The Morgan fingerprint density at radius 3 is 2.57 bits per heavy atom. The van der Waals surface area contributed by atoms with E-state index in [1.54, 1.807) is 4.90 Å². The van der Waals surface area contributed by atoms with Gasteiger partial charge in [0.05, 0.1) is 32.1 Å². The zero-order chi connectivity index (χ0) is 30.0. The lowest BCUT2D eigenvalue weighted by atomic mass is 10.2. The number of amides is 1. The average molecular weight is 613 g/mol. The van der Waals surface area contributed by atoms with Gasteiger partial charge in [-0.25, -0.2) is 4.99 Å². The lowest BCUT2D eigenvalue weighted by Crippen LogP contribution is -2.50. The predicted molar refractivity (Wildman–Crippen MR) is 157 cm³/mol. The van der Waals surface area contributed by atoms with Gasteiger partial charge in [-0.1, -0.05) is 6.58 Å². The Kier molecular flexibility index (Phi) is 11.8. The van der Waals surface area contributed by atoms with Crippen molar-refractivity contribution in [2.45, 2.75) is 29.7 Å². The molecule has 0 aliphatic carbocycles. The number of nitrogens with zero attached hydrogens (tertiary/aromatic N) is 6. The van der Waals surface area contributed by atoms with Crippen molar-refractivity contribution < 1.29 is 32.5 Å². The zero-order valence-corrected chi connectivity index (χ0v) is 24.5. The summed E-state index contributed by atoms with van der Waals surface area (Å²) in [7, 11) is 0. The van der Waals surface area contributed by atoms with Gasteiger partial charge < -0.3 is 29.3 Å². The molecule has 1 amide bonds. The van der Waals surface area contributed by atoms with E-state index in [4.69, 9.17) is 14.5 Å². The number of phenols is 1. The van der Waals surface area contributed by atoms with Crippen molar-refractivity contribution in [3.05, 3.63) is 30.9 Å². The normalized spacial score (nSPS) is 22.1. The summed E-state index contributed by atoms with van der Waals surface area (Å²) in [6, 6.07) is 4.18. The van der Waals surface area contributed by atoms with Crippen LogP contribution in [-0.2, 0) is 14.3 Å². The Bertz CT molecular complexity index is 1120. The first-order valence-corrected chi connectivity index (χ1v) is 15.1. The molecular weight excluding hydrogens is 573 g/mol. The fraction of sp³-hybridized carbons (Fsp3) is 0.607. The molecule has 42 heavy (non-hydrogen) atoms. The van der Waals surface area contributed by atoms with Crippen LogP contribution in [0, 0.1) is 0 Å². The minimum Gasteiger partial charge on any atom is -0.508 e. The van der Waals surface area contributed by atoms with Crippen LogP contribution in [-0.4, -0.2) is 128 Å². The number of anilines is 1. The molecule has 4 rings (SSSR count). The topological polar surface area (TPSA) is 93.4 Å². The van der Waals surface area contributed by atoms with Gasteiger partial charge in [0.1, 0.15) is 11.6 Å². The average Bonchev–Trinajstić information content (AvgIpc) is 2.98. The molecule has 0 bridgehead atoms. The Morgan fingerprint density at radius 2 is 1.86 bits per heavy atom. The standard InChI is InChI=1S/C28H39F3N6O4S/c1-2-26(39)37-14-12-36(13-15-37)25-5-3-10-35(23-21-22(38)6-7-24(23)42-28(29,30)31)11-8-32-27(33-25)41-18-4-9-34-16-19-40-20-17-34/h2,6-7,21,38H,1,3-5,8-20H2/b32-27+,33-25+. The second-order valence-corrected chi connectivity index (χ2v) is 11.3. The van der Waals surface area contributed by atoms with Gasteiger partial charge in [0.2, 0.25) is 5.91 Å². The number of aromatic hydroxyl groups is 1. The summed E-state index contributed by atoms with van der Waals surface area (Å²) in [6.07, 6.45) is 3.26. The molecule has 232 valence electrons. The number of alkyl halides is 3. The lowest BCUT2D eigenvalue weighted by Gasteiger charge is -2.36. The molecular formula is C28H39F3N6O4S. The molecule has 3 aliphatic rings. The van der Waals surface area contributed by atoms with E-state index in [0.29, 0.717) is 64.4 Å². The molecule has 0 aromatic heterocycles. The van der Waals surface area contributed by atoms with Gasteiger partial charge in [-0.05, 0) is 42.8 Å². The third-order valence-corrected chi connectivity index (χ3v) is 8.06. The van der Waals surface area contributed by atoms with Crippen molar-refractivity contribution in [1.82, 2.24) is 14.7 Å². The number of benzene rings is 1. The van der Waals surface area contributed by atoms with E-state index in [9.17, 15) is 23.1 Å². The van der Waals surface area contributed by atoms with Crippen LogP contribution in [0.3, 0.4) is 0 Å². The summed E-state index contributed by atoms with van der Waals surface area (Å²) in [5.41, 5.74) is -4.14. The van der Waals surface area contributed by atoms with Crippen molar-refractivity contribution in [1.29, 1.82) is 0 Å². The quantitative estimate of drug-likeness (QED) is 0.285. The zero-order valence-electron chi connectivity index (χ0n) is 23.7. The number of piperazine rings is 1. The number of rotatable bonds is 7. The summed E-state index contributed by atoms with van der Waals surface area (Å²) in [4.78, 5) is 29.5. The van der Waals surface area contributed by atoms with E-state index in [1.807, 2.05) is 4.90 Å². The third kappa shape index (κ3) is 9.80. The number of amidine groups is 2. The molecule has 0 atom stereocenters. The molecule has 0 spiro atoms. The second-order valence-electron chi connectivity index (χ2n) is 10.2. The number of hydrogen-bond acceptors (Lipinski definition) is 10. The number of morpholine rings is 1. The molecule has 2 saturated heterocycles. The third-order valence-electron chi connectivity index (χ3n) is 7.26. The summed E-state index contributed by atoms with van der Waals surface area (Å²) in [5, 5.41) is 10.1. The van der Waals surface area contributed by atoms with Crippen LogP contribution in [0.5, 0.6) is 5.75 Å². The number of aliphatic imine (C=N–C) groups is 2. The van der Waals surface area contributed by atoms with Crippen LogP contribution in [0.1, 0.15) is 19.3 Å². The van der Waals surface area contributed by atoms with Gasteiger partial charge in [0.25, 0.3) is 0 Å². The Balaban J connectivity index is 1.49. The Labute approximate surface area is 248 Å². The smallest absolute Gasteiger partial charge is 0.446 e. The maximum absolute atomic E-state index is 13.3. The number of hydrogen-bond donors (Lipinski definition) is 1. The van der Waals surface area contributed by atoms with Gasteiger partial charge in [-0.2, -0.15) is 18.2 Å². The van der Waals surface area contributed by atoms with Gasteiger partial charge in [-0.3, -0.25) is 9.69 Å². The molecule has 2 fully saturated rings. The maximum Gasteiger partial charge on any atom is 0.446 e. The van der Waals surface area contributed by atoms with Crippen LogP contribution >= 0.6 is 11.8 Å². The first kappa shape index (κ1) is 32.0. The number of ether oxygens (including phenoxy) is 2. The summed E-state index contributed by atoms with van der Waals surface area (Å²) in [5.74, 6) is 0.563. The van der Waals surface area contributed by atoms with Crippen molar-refractivity contribution >= 4 is 35.2 Å². The van der Waals surface area contributed by atoms with Gasteiger partial charge >= 0.3 is 11.5 Å². The van der Waals surface area contributed by atoms with E-state index in [0.717, 1.165) is 45.1 Å². The van der Waals surface area contributed by atoms with Crippen LogP contribution in [0.4, 0.5) is 18.9 Å². The highest BCUT2D eigenvalue weighted by Crippen LogP contribution is 2.43. The fourth-order valence-corrected chi connectivity index (χ4v) is 5.79. The molecule has 3 heterocycles. The fourth-order valence-electron chi connectivity index (χ4n) is 5.11. The summed E-state index contributed by atoms with van der Waals surface area (Å²) >= 11 is -0.192. The number of thioether (sulfide) groups is 1.